The largest absolute Gasteiger partial charge is 0.496 e. The molecule has 0 aromatic heterocycles. The van der Waals surface area contributed by atoms with Crippen molar-refractivity contribution in [2.45, 2.75) is 72.0 Å². The molecule has 1 heterocycles. The molecule has 36 heavy (non-hydrogen) atoms. The van der Waals surface area contributed by atoms with Crippen LogP contribution in [0.3, 0.4) is 0 Å². The summed E-state index contributed by atoms with van der Waals surface area (Å²) in [6.07, 6.45) is -4.11. The summed E-state index contributed by atoms with van der Waals surface area (Å²) in [6.45, 7) is 10.3. The summed E-state index contributed by atoms with van der Waals surface area (Å²) in [5, 5.41) is 3.49. The standard InChI is InChI=1S/C28H36F3NO4/c1-7-17-11-9-10-12-20(17)23-25(22(27(3,4)5)24(32-23)26(33)35-8-2)36-16-18-13-14-19(28(29,30)31)15-21(18)34-6/h9-15,22-25,32H,7-8,16H2,1-6H3/t22-,23+,24+,25+/m1/s1. The van der Waals surface area contributed by atoms with Crippen LogP contribution in [0.2, 0.25) is 0 Å². The highest BCUT2D eigenvalue weighted by Crippen LogP contribution is 2.45. The summed E-state index contributed by atoms with van der Waals surface area (Å²) < 4.78 is 56.8. The number of rotatable bonds is 8. The number of alkyl halides is 3. The highest BCUT2D eigenvalue weighted by atomic mass is 19.4. The fraction of sp³-hybridized carbons (Fsp3) is 0.536. The van der Waals surface area contributed by atoms with Gasteiger partial charge in [-0.3, -0.25) is 10.1 Å². The lowest BCUT2D eigenvalue weighted by atomic mass is 9.73. The molecule has 198 valence electrons. The Morgan fingerprint density at radius 3 is 2.31 bits per heavy atom. The normalized spacial score (nSPS) is 22.5. The highest BCUT2D eigenvalue weighted by molar-refractivity contribution is 5.77. The molecule has 0 amide bonds. The van der Waals surface area contributed by atoms with E-state index >= 15 is 0 Å². The van der Waals surface area contributed by atoms with Gasteiger partial charge in [-0.2, -0.15) is 13.2 Å². The number of aryl methyl sites for hydroxylation is 1. The van der Waals surface area contributed by atoms with Crippen molar-refractivity contribution >= 4 is 5.97 Å². The van der Waals surface area contributed by atoms with E-state index in [0.29, 0.717) is 5.56 Å². The maximum absolute atomic E-state index is 13.2. The topological polar surface area (TPSA) is 56.8 Å². The summed E-state index contributed by atoms with van der Waals surface area (Å²) in [5.41, 5.74) is 1.55. The number of carbonyl (C=O) groups excluding carboxylic acids is 1. The van der Waals surface area contributed by atoms with Crippen LogP contribution in [0.5, 0.6) is 5.75 Å². The number of halogens is 3. The van der Waals surface area contributed by atoms with Gasteiger partial charge in [-0.15, -0.1) is 0 Å². The number of hydrogen-bond donors (Lipinski definition) is 1. The number of carbonyl (C=O) groups is 1. The van der Waals surface area contributed by atoms with Crippen LogP contribution in [-0.2, 0) is 33.5 Å². The van der Waals surface area contributed by atoms with E-state index < -0.39 is 23.9 Å². The molecule has 2 aromatic carbocycles. The van der Waals surface area contributed by atoms with Crippen molar-refractivity contribution in [2.24, 2.45) is 11.3 Å². The molecule has 4 atom stereocenters. The quantitative estimate of drug-likeness (QED) is 0.438. The van der Waals surface area contributed by atoms with E-state index in [1.807, 2.05) is 18.2 Å². The predicted octanol–water partition coefficient (Wildman–Crippen LogP) is 6.10. The zero-order valence-electron chi connectivity index (χ0n) is 21.7. The van der Waals surface area contributed by atoms with Gasteiger partial charge in [0, 0.05) is 11.5 Å². The number of esters is 1. The summed E-state index contributed by atoms with van der Waals surface area (Å²) in [5.74, 6) is -0.489. The van der Waals surface area contributed by atoms with Crippen molar-refractivity contribution in [1.82, 2.24) is 5.32 Å². The number of benzene rings is 2. The van der Waals surface area contributed by atoms with Crippen molar-refractivity contribution in [3.8, 4) is 5.75 Å². The van der Waals surface area contributed by atoms with E-state index in [4.69, 9.17) is 14.2 Å². The molecule has 0 aliphatic carbocycles. The van der Waals surface area contributed by atoms with Gasteiger partial charge >= 0.3 is 12.1 Å². The molecule has 0 unspecified atom stereocenters. The van der Waals surface area contributed by atoms with Gasteiger partial charge in [0.2, 0.25) is 0 Å². The Balaban J connectivity index is 2.01. The van der Waals surface area contributed by atoms with E-state index in [2.05, 4.69) is 39.1 Å². The van der Waals surface area contributed by atoms with Gasteiger partial charge in [0.05, 0.1) is 38.0 Å². The molecule has 8 heteroatoms. The molecule has 3 rings (SSSR count). The van der Waals surface area contributed by atoms with Crippen molar-refractivity contribution in [3.63, 3.8) is 0 Å². The average molecular weight is 508 g/mol. The molecule has 0 spiro atoms. The fourth-order valence-electron chi connectivity index (χ4n) is 5.08. The fourth-order valence-corrected chi connectivity index (χ4v) is 5.08. The zero-order chi connectivity index (χ0) is 26.7. The van der Waals surface area contributed by atoms with E-state index in [1.54, 1.807) is 6.92 Å². The second-order valence-corrected chi connectivity index (χ2v) is 10.1. The first-order valence-electron chi connectivity index (χ1n) is 12.3. The summed E-state index contributed by atoms with van der Waals surface area (Å²) in [4.78, 5) is 13.0. The van der Waals surface area contributed by atoms with Crippen LogP contribution < -0.4 is 10.1 Å². The van der Waals surface area contributed by atoms with Crippen LogP contribution in [0.4, 0.5) is 13.2 Å². The molecule has 1 saturated heterocycles. The number of methoxy groups -OCH3 is 1. The summed E-state index contributed by atoms with van der Waals surface area (Å²) in [6, 6.07) is 10.5. The van der Waals surface area contributed by atoms with Gasteiger partial charge < -0.3 is 14.2 Å². The van der Waals surface area contributed by atoms with Crippen LogP contribution in [0.15, 0.2) is 42.5 Å². The average Bonchev–Trinajstić information content (AvgIpc) is 3.22. The van der Waals surface area contributed by atoms with Crippen molar-refractivity contribution in [2.75, 3.05) is 13.7 Å². The Morgan fingerprint density at radius 1 is 1.03 bits per heavy atom. The first-order valence-corrected chi connectivity index (χ1v) is 12.3. The molecule has 2 aromatic rings. The minimum absolute atomic E-state index is 0.0283. The van der Waals surface area contributed by atoms with E-state index in [9.17, 15) is 18.0 Å². The van der Waals surface area contributed by atoms with Gasteiger partial charge in [-0.1, -0.05) is 58.0 Å². The lowest BCUT2D eigenvalue weighted by molar-refractivity contribution is -0.148. The Hall–Kier alpha value is -2.58. The van der Waals surface area contributed by atoms with Crippen LogP contribution >= 0.6 is 0 Å². The van der Waals surface area contributed by atoms with Gasteiger partial charge in [-0.05, 0) is 42.0 Å². The third-order valence-electron chi connectivity index (χ3n) is 6.76. The molecule has 5 nitrogen and oxygen atoms in total. The molecule has 1 N–H and O–H groups in total. The molecule has 0 bridgehead atoms. The molecule has 0 saturated carbocycles. The van der Waals surface area contributed by atoms with Crippen LogP contribution in [0, 0.1) is 11.3 Å². The van der Waals surface area contributed by atoms with Gasteiger partial charge in [-0.25, -0.2) is 0 Å². The Labute approximate surface area is 211 Å². The minimum Gasteiger partial charge on any atom is -0.496 e. The molecule has 1 aliphatic heterocycles. The molecule has 1 aliphatic rings. The monoisotopic (exact) mass is 507 g/mol. The maximum atomic E-state index is 13.2. The second-order valence-electron chi connectivity index (χ2n) is 10.1. The SMILES string of the molecule is CCOC(=O)[C@H]1N[C@@H](c2ccccc2CC)[C@@H](OCc2ccc(C(F)(F)F)cc2OC)[C@@H]1C(C)(C)C. The second kappa shape index (κ2) is 11.2. The van der Waals surface area contributed by atoms with Crippen LogP contribution in [0.25, 0.3) is 0 Å². The van der Waals surface area contributed by atoms with E-state index in [1.165, 1.54) is 13.2 Å². The molecule has 0 radical (unpaired) electrons. The number of ether oxygens (including phenoxy) is 3. The van der Waals surface area contributed by atoms with E-state index in [-0.39, 0.29) is 42.3 Å². The van der Waals surface area contributed by atoms with E-state index in [0.717, 1.165) is 29.7 Å². The minimum atomic E-state index is -4.47. The first-order chi connectivity index (χ1) is 16.9. The predicted molar refractivity (Wildman–Crippen MR) is 132 cm³/mol. The highest BCUT2D eigenvalue weighted by Gasteiger charge is 2.53. The Kier molecular flexibility index (Phi) is 8.72. The van der Waals surface area contributed by atoms with Gasteiger partial charge in [0.1, 0.15) is 11.8 Å². The third kappa shape index (κ3) is 6.03. The van der Waals surface area contributed by atoms with Gasteiger partial charge in [0.15, 0.2) is 0 Å². The van der Waals surface area contributed by atoms with Crippen molar-refractivity contribution < 1.29 is 32.2 Å². The first kappa shape index (κ1) is 28.0. The van der Waals surface area contributed by atoms with Crippen molar-refractivity contribution in [3.05, 3.63) is 64.7 Å². The lowest BCUT2D eigenvalue weighted by Gasteiger charge is -2.35. The smallest absolute Gasteiger partial charge is 0.416 e. The van der Waals surface area contributed by atoms with Crippen molar-refractivity contribution in [1.29, 1.82) is 0 Å². The number of nitrogens with one attached hydrogen (secondary N) is 1. The van der Waals surface area contributed by atoms with Crippen LogP contribution in [-0.4, -0.2) is 31.8 Å². The lowest BCUT2D eigenvalue weighted by Crippen LogP contribution is -2.44. The number of hydrogen-bond acceptors (Lipinski definition) is 5. The summed E-state index contributed by atoms with van der Waals surface area (Å²) in [7, 11) is 1.34. The molecule has 1 fully saturated rings. The molecular weight excluding hydrogens is 471 g/mol. The Bertz CT molecular complexity index is 1050. The molecular formula is C28H36F3NO4. The third-order valence-corrected chi connectivity index (χ3v) is 6.76. The zero-order valence-corrected chi connectivity index (χ0v) is 21.7. The van der Waals surface area contributed by atoms with Gasteiger partial charge in [0.25, 0.3) is 0 Å². The summed E-state index contributed by atoms with van der Waals surface area (Å²) >= 11 is 0. The van der Waals surface area contributed by atoms with Crippen LogP contribution in [0.1, 0.15) is 62.9 Å². The Morgan fingerprint density at radius 2 is 1.72 bits per heavy atom. The maximum Gasteiger partial charge on any atom is 0.416 e.